The third-order valence-electron chi connectivity index (χ3n) is 4.13. The predicted octanol–water partition coefficient (Wildman–Crippen LogP) is -0.738. The van der Waals surface area contributed by atoms with Crippen LogP contribution in [-0.4, -0.2) is 17.4 Å². The van der Waals surface area contributed by atoms with Gasteiger partial charge in [-0.3, -0.25) is 4.79 Å². The average molecular weight is 361 g/mol. The molecule has 2 heterocycles. The van der Waals surface area contributed by atoms with Crippen molar-refractivity contribution in [2.24, 2.45) is 0 Å². The van der Waals surface area contributed by atoms with Crippen LogP contribution in [0.2, 0.25) is 0 Å². The van der Waals surface area contributed by atoms with Crippen molar-refractivity contribution in [1.29, 1.82) is 0 Å². The molecule has 0 bridgehead atoms. The molecule has 116 valence electrons. The molecule has 0 N–H and O–H groups in total. The van der Waals surface area contributed by atoms with Crippen molar-refractivity contribution in [2.45, 2.75) is 32.9 Å². The van der Waals surface area contributed by atoms with Crippen LogP contribution in [0.15, 0.2) is 48.8 Å². The number of benzene rings is 1. The average Bonchev–Trinajstić information content (AvgIpc) is 2.53. The fraction of sp³-hybridized carbons (Fsp3) is 0.333. The molecule has 2 aromatic rings. The van der Waals surface area contributed by atoms with Crippen LogP contribution in [-0.2, 0) is 24.3 Å². The lowest BCUT2D eigenvalue weighted by molar-refractivity contribution is -0.696. The molecule has 0 unspecified atom stereocenters. The Morgan fingerprint density at radius 1 is 1.14 bits per heavy atom. The van der Waals surface area contributed by atoms with Gasteiger partial charge >= 0.3 is 0 Å². The first-order valence-corrected chi connectivity index (χ1v) is 7.52. The Morgan fingerprint density at radius 3 is 2.55 bits per heavy atom. The number of aromatic nitrogens is 1. The van der Waals surface area contributed by atoms with Gasteiger partial charge in [-0.1, -0.05) is 24.3 Å². The molecular formula is C18H21BrN2O. The quantitative estimate of drug-likeness (QED) is 0.661. The maximum atomic E-state index is 12.4. The van der Waals surface area contributed by atoms with Gasteiger partial charge < -0.3 is 21.9 Å². The van der Waals surface area contributed by atoms with Crippen LogP contribution in [0.4, 0.5) is 0 Å². The van der Waals surface area contributed by atoms with Crippen molar-refractivity contribution in [1.82, 2.24) is 4.90 Å². The summed E-state index contributed by atoms with van der Waals surface area (Å²) in [5, 5.41) is 0. The van der Waals surface area contributed by atoms with E-state index < -0.39 is 0 Å². The van der Waals surface area contributed by atoms with E-state index in [4.69, 9.17) is 0 Å². The van der Waals surface area contributed by atoms with E-state index in [1.165, 1.54) is 16.7 Å². The summed E-state index contributed by atoms with van der Waals surface area (Å²) in [6.07, 6.45) is 5.61. The molecule has 0 fully saturated rings. The Kier molecular flexibility index (Phi) is 5.72. The molecule has 0 atom stereocenters. The molecule has 22 heavy (non-hydrogen) atoms. The van der Waals surface area contributed by atoms with Crippen LogP contribution in [0.3, 0.4) is 0 Å². The summed E-state index contributed by atoms with van der Waals surface area (Å²) in [7, 11) is 0. The highest BCUT2D eigenvalue weighted by Crippen LogP contribution is 2.18. The van der Waals surface area contributed by atoms with Crippen LogP contribution < -0.4 is 21.5 Å². The summed E-state index contributed by atoms with van der Waals surface area (Å²) in [4.78, 5) is 14.3. The first-order chi connectivity index (χ1) is 10.2. The van der Waals surface area contributed by atoms with Gasteiger partial charge in [0, 0.05) is 25.2 Å². The van der Waals surface area contributed by atoms with Gasteiger partial charge in [0.2, 0.25) is 5.91 Å². The second-order valence-electron chi connectivity index (χ2n) is 5.70. The molecule has 0 aliphatic carbocycles. The highest BCUT2D eigenvalue weighted by atomic mass is 79.9. The molecular weight excluding hydrogens is 340 g/mol. The van der Waals surface area contributed by atoms with Crippen molar-refractivity contribution >= 4 is 5.91 Å². The number of fused-ring (bicyclic) bond motifs is 1. The number of halogens is 1. The Labute approximate surface area is 142 Å². The minimum absolute atomic E-state index is 0. The van der Waals surface area contributed by atoms with Crippen LogP contribution in [0.5, 0.6) is 0 Å². The van der Waals surface area contributed by atoms with Gasteiger partial charge in [-0.15, -0.1) is 0 Å². The van der Waals surface area contributed by atoms with Crippen molar-refractivity contribution in [3.8, 4) is 0 Å². The van der Waals surface area contributed by atoms with Gasteiger partial charge in [-0.05, 0) is 30.0 Å². The SMILES string of the molecule is Cc1cc[n+](CCC(=O)N2CCc3ccccc3C2)cc1.[Br-]. The van der Waals surface area contributed by atoms with Gasteiger partial charge in [0.15, 0.2) is 18.9 Å². The predicted molar refractivity (Wildman–Crippen MR) is 81.6 cm³/mol. The molecule has 1 amide bonds. The molecule has 0 saturated carbocycles. The zero-order valence-electron chi connectivity index (χ0n) is 12.8. The second-order valence-corrected chi connectivity index (χ2v) is 5.70. The maximum Gasteiger partial charge on any atom is 0.229 e. The van der Waals surface area contributed by atoms with Crippen molar-refractivity contribution in [2.75, 3.05) is 6.54 Å². The number of hydrogen-bond acceptors (Lipinski definition) is 1. The highest BCUT2D eigenvalue weighted by Gasteiger charge is 2.20. The van der Waals surface area contributed by atoms with E-state index in [0.717, 1.165) is 26.1 Å². The summed E-state index contributed by atoms with van der Waals surface area (Å²) in [5.41, 5.74) is 3.92. The molecule has 0 radical (unpaired) electrons. The zero-order valence-corrected chi connectivity index (χ0v) is 14.4. The Balaban J connectivity index is 0.00000176. The van der Waals surface area contributed by atoms with Gasteiger partial charge in [0.25, 0.3) is 0 Å². The van der Waals surface area contributed by atoms with Crippen molar-refractivity contribution < 1.29 is 26.3 Å². The number of pyridine rings is 1. The molecule has 1 aromatic carbocycles. The van der Waals surface area contributed by atoms with Crippen molar-refractivity contribution in [3.63, 3.8) is 0 Å². The smallest absolute Gasteiger partial charge is 0.229 e. The van der Waals surface area contributed by atoms with Crippen LogP contribution >= 0.6 is 0 Å². The molecule has 4 heteroatoms. The number of hydrogen-bond donors (Lipinski definition) is 0. The van der Waals surface area contributed by atoms with E-state index in [9.17, 15) is 4.79 Å². The molecule has 3 rings (SSSR count). The lowest BCUT2D eigenvalue weighted by Crippen LogP contribution is -3.00. The monoisotopic (exact) mass is 360 g/mol. The molecule has 3 nitrogen and oxygen atoms in total. The highest BCUT2D eigenvalue weighted by molar-refractivity contribution is 5.76. The molecule has 1 aromatic heterocycles. The lowest BCUT2D eigenvalue weighted by Gasteiger charge is -2.28. The van der Waals surface area contributed by atoms with E-state index >= 15 is 0 Å². The topological polar surface area (TPSA) is 24.2 Å². The Morgan fingerprint density at radius 2 is 1.82 bits per heavy atom. The van der Waals surface area contributed by atoms with Gasteiger partial charge in [-0.2, -0.15) is 0 Å². The fourth-order valence-electron chi connectivity index (χ4n) is 2.77. The summed E-state index contributed by atoms with van der Waals surface area (Å²) in [6, 6.07) is 12.6. The molecule has 1 aliphatic heterocycles. The fourth-order valence-corrected chi connectivity index (χ4v) is 2.77. The van der Waals surface area contributed by atoms with Crippen LogP contribution in [0.1, 0.15) is 23.1 Å². The minimum Gasteiger partial charge on any atom is -1.00 e. The van der Waals surface area contributed by atoms with Gasteiger partial charge in [0.1, 0.15) is 0 Å². The van der Waals surface area contributed by atoms with E-state index in [-0.39, 0.29) is 22.9 Å². The first kappa shape index (κ1) is 16.7. The number of aryl methyl sites for hydroxylation is 2. The Bertz CT molecular complexity index is 640. The van der Waals surface area contributed by atoms with Crippen molar-refractivity contribution in [3.05, 3.63) is 65.5 Å². The third kappa shape index (κ3) is 3.95. The van der Waals surface area contributed by atoms with E-state index in [1.807, 2.05) is 17.3 Å². The first-order valence-electron chi connectivity index (χ1n) is 7.52. The van der Waals surface area contributed by atoms with Crippen LogP contribution in [0.25, 0.3) is 0 Å². The maximum absolute atomic E-state index is 12.4. The molecule has 0 spiro atoms. The largest absolute Gasteiger partial charge is 1.00 e. The Hall–Kier alpha value is -1.68. The van der Waals surface area contributed by atoms with Gasteiger partial charge in [-0.25, -0.2) is 4.57 Å². The molecule has 0 saturated heterocycles. The van der Waals surface area contributed by atoms with Crippen LogP contribution in [0, 0.1) is 6.92 Å². The normalized spacial score (nSPS) is 13.2. The number of carbonyl (C=O) groups excluding carboxylic acids is 1. The summed E-state index contributed by atoms with van der Waals surface area (Å²) >= 11 is 0. The van der Waals surface area contributed by atoms with E-state index in [0.29, 0.717) is 6.42 Å². The summed E-state index contributed by atoms with van der Waals surface area (Å²) < 4.78 is 2.07. The summed E-state index contributed by atoms with van der Waals surface area (Å²) in [5.74, 6) is 0.248. The van der Waals surface area contributed by atoms with E-state index in [1.54, 1.807) is 0 Å². The number of carbonyl (C=O) groups is 1. The van der Waals surface area contributed by atoms with Gasteiger partial charge in [0.05, 0.1) is 6.42 Å². The molecule has 1 aliphatic rings. The lowest BCUT2D eigenvalue weighted by atomic mass is 10.00. The van der Waals surface area contributed by atoms with E-state index in [2.05, 4.69) is 47.9 Å². The summed E-state index contributed by atoms with van der Waals surface area (Å²) in [6.45, 7) is 4.42. The second kappa shape index (κ2) is 7.54. The standard InChI is InChI=1S/C18H21N2O.BrH/c1-15-6-10-19(11-7-15)12-9-18(21)20-13-8-16-4-2-3-5-17(16)14-20;/h2-7,10-11H,8-9,12-14H2,1H3;1H/q+1;/p-1. The zero-order chi connectivity index (χ0) is 14.7. The number of amides is 1. The number of rotatable bonds is 3. The third-order valence-corrected chi connectivity index (χ3v) is 4.13. The minimum atomic E-state index is 0. The number of nitrogens with zero attached hydrogens (tertiary/aromatic N) is 2.